The molecule has 21 heavy (non-hydrogen) atoms. The topological polar surface area (TPSA) is 72.6 Å². The number of hydrogen-bond acceptors (Lipinski definition) is 4. The van der Waals surface area contributed by atoms with Crippen molar-refractivity contribution in [3.63, 3.8) is 0 Å². The number of nitrogens with two attached hydrogens (primary N) is 1. The van der Waals surface area contributed by atoms with Crippen molar-refractivity contribution in [2.45, 2.75) is 11.3 Å². The van der Waals surface area contributed by atoms with Gasteiger partial charge in [-0.1, -0.05) is 6.08 Å². The fourth-order valence-corrected chi connectivity index (χ4v) is 3.57. The number of methoxy groups -OCH3 is 1. The summed E-state index contributed by atoms with van der Waals surface area (Å²) in [5.41, 5.74) is 5.91. The molecule has 1 aliphatic heterocycles. The maximum Gasteiger partial charge on any atom is 0.246 e. The van der Waals surface area contributed by atoms with Crippen LogP contribution in [0.25, 0.3) is 0 Å². The highest BCUT2D eigenvalue weighted by Crippen LogP contribution is 2.26. The summed E-state index contributed by atoms with van der Waals surface area (Å²) in [6.45, 7) is 0.776. The molecule has 0 aliphatic carbocycles. The Morgan fingerprint density at radius 1 is 1.33 bits per heavy atom. The van der Waals surface area contributed by atoms with E-state index in [1.807, 2.05) is 0 Å². The van der Waals surface area contributed by atoms with Crippen LogP contribution < -0.4 is 5.73 Å². The lowest BCUT2D eigenvalue weighted by molar-refractivity contribution is 0.219. The largest absolute Gasteiger partial charge is 0.396 e. The Bertz CT molecular complexity index is 674. The fraction of sp³-hybridized carbons (Fsp3) is 0.385. The number of anilines is 1. The predicted octanol–water partition coefficient (Wildman–Crippen LogP) is 1.51. The van der Waals surface area contributed by atoms with Crippen LogP contribution in [0.2, 0.25) is 0 Å². The first-order chi connectivity index (χ1) is 9.86. The summed E-state index contributed by atoms with van der Waals surface area (Å²) in [4.78, 5) is -0.606. The van der Waals surface area contributed by atoms with E-state index in [1.165, 1.54) is 0 Å². The van der Waals surface area contributed by atoms with Crippen LogP contribution in [0.4, 0.5) is 14.5 Å². The molecule has 0 unspecified atom stereocenters. The summed E-state index contributed by atoms with van der Waals surface area (Å²) in [7, 11) is -2.49. The molecule has 0 radical (unpaired) electrons. The lowest BCUT2D eigenvalue weighted by Gasteiger charge is -2.26. The molecular weight excluding hydrogens is 302 g/mol. The first kappa shape index (κ1) is 15.9. The minimum atomic E-state index is -4.04. The van der Waals surface area contributed by atoms with Gasteiger partial charge in [0.2, 0.25) is 10.0 Å². The van der Waals surface area contributed by atoms with Gasteiger partial charge in [-0.3, -0.25) is 0 Å². The number of sulfonamides is 1. The van der Waals surface area contributed by atoms with Crippen molar-refractivity contribution >= 4 is 15.7 Å². The Kier molecular flexibility index (Phi) is 4.60. The third-order valence-corrected chi connectivity index (χ3v) is 5.14. The Morgan fingerprint density at radius 3 is 2.62 bits per heavy atom. The molecule has 1 heterocycles. The van der Waals surface area contributed by atoms with Crippen molar-refractivity contribution in [2.24, 2.45) is 0 Å². The maximum absolute atomic E-state index is 13.7. The van der Waals surface area contributed by atoms with Gasteiger partial charge in [0.25, 0.3) is 0 Å². The fourth-order valence-electron chi connectivity index (χ4n) is 2.11. The van der Waals surface area contributed by atoms with E-state index in [9.17, 15) is 17.2 Å². The minimum Gasteiger partial charge on any atom is -0.396 e. The smallest absolute Gasteiger partial charge is 0.246 e. The van der Waals surface area contributed by atoms with E-state index in [0.29, 0.717) is 19.1 Å². The van der Waals surface area contributed by atoms with E-state index in [4.69, 9.17) is 10.5 Å². The number of halogens is 2. The third kappa shape index (κ3) is 3.22. The minimum absolute atomic E-state index is 0.123. The van der Waals surface area contributed by atoms with Crippen molar-refractivity contribution in [1.82, 2.24) is 4.31 Å². The number of ether oxygens (including phenoxy) is 1. The van der Waals surface area contributed by atoms with Crippen LogP contribution in [0.5, 0.6) is 0 Å². The van der Waals surface area contributed by atoms with Gasteiger partial charge in [-0.2, -0.15) is 4.31 Å². The summed E-state index contributed by atoms with van der Waals surface area (Å²) in [5.74, 6) is -2.12. The van der Waals surface area contributed by atoms with Crippen LogP contribution >= 0.6 is 0 Å². The van der Waals surface area contributed by atoms with E-state index in [0.717, 1.165) is 15.9 Å². The van der Waals surface area contributed by atoms with Crippen molar-refractivity contribution in [3.8, 4) is 0 Å². The molecule has 1 aromatic rings. The van der Waals surface area contributed by atoms with Crippen LogP contribution in [0, 0.1) is 11.6 Å². The summed E-state index contributed by atoms with van der Waals surface area (Å²) < 4.78 is 57.7. The van der Waals surface area contributed by atoms with Crippen molar-refractivity contribution < 1.29 is 21.9 Å². The quantitative estimate of drug-likeness (QED) is 0.675. The molecule has 2 N–H and O–H groups in total. The molecule has 0 saturated carbocycles. The molecule has 1 aromatic carbocycles. The van der Waals surface area contributed by atoms with E-state index in [-0.39, 0.29) is 13.1 Å². The zero-order chi connectivity index (χ0) is 15.6. The number of nitrogens with zero attached hydrogens (tertiary/aromatic N) is 1. The molecule has 0 amide bonds. The highest BCUT2D eigenvalue weighted by molar-refractivity contribution is 7.89. The summed E-state index contributed by atoms with van der Waals surface area (Å²) in [6.07, 6.45) is 2.24. The number of hydrogen-bond donors (Lipinski definition) is 1. The highest BCUT2D eigenvalue weighted by Gasteiger charge is 2.29. The van der Waals surface area contributed by atoms with Gasteiger partial charge in [0.05, 0.1) is 12.3 Å². The monoisotopic (exact) mass is 318 g/mol. The zero-order valence-corrected chi connectivity index (χ0v) is 12.3. The maximum atomic E-state index is 13.7. The molecule has 0 spiro atoms. The van der Waals surface area contributed by atoms with Crippen LogP contribution in [0.1, 0.15) is 6.42 Å². The van der Waals surface area contributed by atoms with Gasteiger partial charge < -0.3 is 10.5 Å². The van der Waals surface area contributed by atoms with Gasteiger partial charge in [0.1, 0.15) is 16.5 Å². The van der Waals surface area contributed by atoms with Gasteiger partial charge in [0.15, 0.2) is 0 Å². The van der Waals surface area contributed by atoms with Crippen molar-refractivity contribution in [2.75, 3.05) is 32.5 Å². The average molecular weight is 318 g/mol. The summed E-state index contributed by atoms with van der Waals surface area (Å²) in [5, 5.41) is 0. The van der Waals surface area contributed by atoms with Gasteiger partial charge in [-0.15, -0.1) is 0 Å². The SMILES string of the molecule is COCC1=CCN(S(=O)(=O)c2cc(N)c(F)cc2F)CC1. The van der Waals surface area contributed by atoms with Crippen LogP contribution in [-0.4, -0.2) is 39.5 Å². The van der Waals surface area contributed by atoms with Crippen molar-refractivity contribution in [1.29, 1.82) is 0 Å². The average Bonchev–Trinajstić information content (AvgIpc) is 2.43. The van der Waals surface area contributed by atoms with Gasteiger partial charge in [0, 0.05) is 26.3 Å². The van der Waals surface area contributed by atoms with Gasteiger partial charge in [-0.05, 0) is 18.1 Å². The second kappa shape index (κ2) is 6.08. The lowest BCUT2D eigenvalue weighted by Crippen LogP contribution is -2.35. The van der Waals surface area contributed by atoms with Crippen LogP contribution in [0.15, 0.2) is 28.7 Å². The molecule has 5 nitrogen and oxygen atoms in total. The molecule has 116 valence electrons. The normalized spacial score (nSPS) is 16.8. The Morgan fingerprint density at radius 2 is 2.05 bits per heavy atom. The molecule has 0 bridgehead atoms. The van der Waals surface area contributed by atoms with E-state index in [2.05, 4.69) is 0 Å². The van der Waals surface area contributed by atoms with E-state index >= 15 is 0 Å². The standard InChI is InChI=1S/C13H16F2N2O3S/c1-20-8-9-2-4-17(5-3-9)21(18,19)13-7-12(16)10(14)6-11(13)15/h2,6-7H,3-5,8,16H2,1H3. The Hall–Kier alpha value is -1.51. The second-order valence-electron chi connectivity index (χ2n) is 4.71. The number of benzene rings is 1. The second-order valence-corrected chi connectivity index (χ2v) is 6.62. The van der Waals surface area contributed by atoms with Crippen LogP contribution in [0.3, 0.4) is 0 Å². The Labute approximate surface area is 122 Å². The highest BCUT2D eigenvalue weighted by atomic mass is 32.2. The third-order valence-electron chi connectivity index (χ3n) is 3.26. The zero-order valence-electron chi connectivity index (χ0n) is 11.5. The molecule has 1 aliphatic rings. The first-order valence-electron chi connectivity index (χ1n) is 6.27. The molecular formula is C13H16F2N2O3S. The number of rotatable bonds is 4. The molecule has 0 atom stereocenters. The predicted molar refractivity (Wildman–Crippen MR) is 74.1 cm³/mol. The van der Waals surface area contributed by atoms with Crippen LogP contribution in [-0.2, 0) is 14.8 Å². The van der Waals surface area contributed by atoms with Gasteiger partial charge in [-0.25, -0.2) is 17.2 Å². The lowest BCUT2D eigenvalue weighted by atomic mass is 10.1. The summed E-state index contributed by atoms with van der Waals surface area (Å²) >= 11 is 0. The molecule has 2 rings (SSSR count). The molecule has 0 fully saturated rings. The Balaban J connectivity index is 2.30. The molecule has 0 aromatic heterocycles. The van der Waals surface area contributed by atoms with E-state index < -0.39 is 32.2 Å². The number of nitrogen functional groups attached to an aromatic ring is 1. The molecule has 8 heteroatoms. The summed E-state index contributed by atoms with van der Waals surface area (Å²) in [6, 6.07) is 1.30. The van der Waals surface area contributed by atoms with Crippen molar-refractivity contribution in [3.05, 3.63) is 35.4 Å². The molecule has 0 saturated heterocycles. The first-order valence-corrected chi connectivity index (χ1v) is 7.71. The van der Waals surface area contributed by atoms with E-state index in [1.54, 1.807) is 13.2 Å². The van der Waals surface area contributed by atoms with Gasteiger partial charge >= 0.3 is 0 Å².